The number of amides is 1. The van der Waals surface area contributed by atoms with E-state index in [9.17, 15) is 9.59 Å². The maximum atomic E-state index is 12.3. The summed E-state index contributed by atoms with van der Waals surface area (Å²) in [6, 6.07) is 6.80. The Morgan fingerprint density at radius 1 is 1.36 bits per heavy atom. The fourth-order valence-corrected chi connectivity index (χ4v) is 2.08. The lowest BCUT2D eigenvalue weighted by molar-refractivity contribution is -0.139. The normalized spacial score (nSPS) is 13.2. The Morgan fingerprint density at radius 3 is 2.68 bits per heavy atom. The number of ether oxygens (including phenoxy) is 2. The van der Waals surface area contributed by atoms with E-state index in [1.54, 1.807) is 31.2 Å². The van der Waals surface area contributed by atoms with E-state index in [-0.39, 0.29) is 18.9 Å². The molecular weight excluding hydrogens is 286 g/mol. The molecule has 1 unspecified atom stereocenters. The minimum Gasteiger partial charge on any atom is -0.494 e. The van der Waals surface area contributed by atoms with E-state index in [1.165, 1.54) is 7.11 Å². The van der Waals surface area contributed by atoms with Crippen molar-refractivity contribution in [2.75, 3.05) is 20.3 Å². The molecular formula is C16H23NO5. The smallest absolute Gasteiger partial charge is 0.305 e. The molecule has 0 radical (unpaired) electrons. The van der Waals surface area contributed by atoms with Crippen LogP contribution in [0, 0.1) is 0 Å². The second kappa shape index (κ2) is 8.38. The summed E-state index contributed by atoms with van der Waals surface area (Å²) in [5.41, 5.74) is -0.556. The SMILES string of the molecule is CCCOc1cccc(C(=O)NC(C)(COC)CC(=O)O)c1. The zero-order valence-electron chi connectivity index (χ0n) is 13.2. The van der Waals surface area contributed by atoms with Crippen molar-refractivity contribution in [3.63, 3.8) is 0 Å². The van der Waals surface area contributed by atoms with Gasteiger partial charge in [-0.05, 0) is 31.5 Å². The van der Waals surface area contributed by atoms with E-state index in [2.05, 4.69) is 5.32 Å². The number of benzene rings is 1. The summed E-state index contributed by atoms with van der Waals surface area (Å²) in [6.07, 6.45) is 0.652. The Balaban J connectivity index is 2.83. The van der Waals surface area contributed by atoms with E-state index in [4.69, 9.17) is 14.6 Å². The Hall–Kier alpha value is -2.08. The van der Waals surface area contributed by atoms with Gasteiger partial charge in [0.1, 0.15) is 5.75 Å². The minimum absolute atomic E-state index is 0.108. The average Bonchev–Trinajstić information content (AvgIpc) is 2.44. The van der Waals surface area contributed by atoms with Crippen LogP contribution in [0.5, 0.6) is 5.75 Å². The molecule has 0 aliphatic rings. The standard InChI is InChI=1S/C16H23NO5/c1-4-8-22-13-7-5-6-12(9-13)15(20)17-16(2,11-21-3)10-14(18)19/h5-7,9H,4,8,10-11H2,1-3H3,(H,17,20)(H,18,19). The van der Waals surface area contributed by atoms with E-state index < -0.39 is 11.5 Å². The van der Waals surface area contributed by atoms with Gasteiger partial charge in [-0.25, -0.2) is 0 Å². The highest BCUT2D eigenvalue weighted by molar-refractivity contribution is 5.95. The highest BCUT2D eigenvalue weighted by Crippen LogP contribution is 2.16. The van der Waals surface area contributed by atoms with Gasteiger partial charge in [0, 0.05) is 12.7 Å². The predicted molar refractivity (Wildman–Crippen MR) is 82.2 cm³/mol. The summed E-state index contributed by atoms with van der Waals surface area (Å²) in [5, 5.41) is 11.7. The van der Waals surface area contributed by atoms with Gasteiger partial charge in [-0.3, -0.25) is 9.59 Å². The highest BCUT2D eigenvalue weighted by atomic mass is 16.5. The molecule has 0 saturated carbocycles. The molecule has 1 atom stereocenters. The molecule has 2 N–H and O–H groups in total. The molecule has 0 saturated heterocycles. The molecule has 6 nitrogen and oxygen atoms in total. The number of hydrogen-bond acceptors (Lipinski definition) is 4. The first kappa shape index (κ1) is 18.0. The van der Waals surface area contributed by atoms with Crippen molar-refractivity contribution in [1.29, 1.82) is 0 Å². The van der Waals surface area contributed by atoms with Crippen LogP contribution in [0.1, 0.15) is 37.0 Å². The molecule has 6 heteroatoms. The number of aliphatic carboxylic acids is 1. The molecule has 1 aromatic rings. The third-order valence-electron chi connectivity index (χ3n) is 2.99. The number of carboxylic acids is 1. The van der Waals surface area contributed by atoms with Crippen LogP contribution in [0.25, 0.3) is 0 Å². The molecule has 22 heavy (non-hydrogen) atoms. The summed E-state index contributed by atoms with van der Waals surface area (Å²) >= 11 is 0. The van der Waals surface area contributed by atoms with Crippen LogP contribution in [0.2, 0.25) is 0 Å². The number of carbonyl (C=O) groups is 2. The van der Waals surface area contributed by atoms with Crippen molar-refractivity contribution in [2.45, 2.75) is 32.2 Å². The van der Waals surface area contributed by atoms with Crippen LogP contribution in [0.3, 0.4) is 0 Å². The van der Waals surface area contributed by atoms with Crippen molar-refractivity contribution in [3.8, 4) is 5.75 Å². The maximum Gasteiger partial charge on any atom is 0.305 e. The largest absolute Gasteiger partial charge is 0.494 e. The quantitative estimate of drug-likeness (QED) is 0.729. The van der Waals surface area contributed by atoms with Gasteiger partial charge in [0.25, 0.3) is 5.91 Å². The lowest BCUT2D eigenvalue weighted by Gasteiger charge is -2.28. The van der Waals surface area contributed by atoms with Crippen molar-refractivity contribution < 1.29 is 24.2 Å². The van der Waals surface area contributed by atoms with Gasteiger partial charge >= 0.3 is 5.97 Å². The summed E-state index contributed by atoms with van der Waals surface area (Å²) < 4.78 is 10.5. The topological polar surface area (TPSA) is 84.9 Å². The van der Waals surface area contributed by atoms with E-state index in [0.29, 0.717) is 17.9 Å². The fraction of sp³-hybridized carbons (Fsp3) is 0.500. The van der Waals surface area contributed by atoms with Gasteiger partial charge in [-0.1, -0.05) is 13.0 Å². The third kappa shape index (κ3) is 5.73. The van der Waals surface area contributed by atoms with Crippen molar-refractivity contribution in [3.05, 3.63) is 29.8 Å². The second-order valence-corrected chi connectivity index (χ2v) is 5.39. The molecule has 122 valence electrons. The van der Waals surface area contributed by atoms with Crippen molar-refractivity contribution in [2.24, 2.45) is 0 Å². The van der Waals surface area contributed by atoms with E-state index >= 15 is 0 Å². The first-order valence-corrected chi connectivity index (χ1v) is 7.16. The maximum absolute atomic E-state index is 12.3. The summed E-state index contributed by atoms with van der Waals surface area (Å²) in [6.45, 7) is 4.32. The molecule has 0 aromatic heterocycles. The average molecular weight is 309 g/mol. The van der Waals surface area contributed by atoms with Crippen LogP contribution in [0.4, 0.5) is 0 Å². The van der Waals surface area contributed by atoms with E-state index in [1.807, 2.05) is 6.92 Å². The second-order valence-electron chi connectivity index (χ2n) is 5.39. The lowest BCUT2D eigenvalue weighted by Crippen LogP contribution is -2.50. The number of carbonyl (C=O) groups excluding carboxylic acids is 1. The molecule has 1 rings (SSSR count). The van der Waals surface area contributed by atoms with Crippen LogP contribution >= 0.6 is 0 Å². The number of nitrogens with one attached hydrogen (secondary N) is 1. The number of methoxy groups -OCH3 is 1. The molecule has 0 bridgehead atoms. The van der Waals surface area contributed by atoms with Crippen molar-refractivity contribution >= 4 is 11.9 Å². The summed E-state index contributed by atoms with van der Waals surface area (Å²) in [4.78, 5) is 23.3. The molecule has 1 amide bonds. The molecule has 0 spiro atoms. The minimum atomic E-state index is -1.00. The molecule has 0 fully saturated rings. The Morgan fingerprint density at radius 2 is 2.09 bits per heavy atom. The van der Waals surface area contributed by atoms with Gasteiger partial charge in [0.2, 0.25) is 0 Å². The predicted octanol–water partition coefficient (Wildman–Crippen LogP) is 2.08. The van der Waals surface area contributed by atoms with Crippen LogP contribution in [0.15, 0.2) is 24.3 Å². The summed E-state index contributed by atoms with van der Waals surface area (Å²) in [5.74, 6) is -0.746. The molecule has 0 heterocycles. The Labute approximate surface area is 130 Å². The lowest BCUT2D eigenvalue weighted by atomic mass is 9.98. The first-order chi connectivity index (χ1) is 10.4. The summed E-state index contributed by atoms with van der Waals surface area (Å²) in [7, 11) is 1.46. The van der Waals surface area contributed by atoms with Gasteiger partial charge < -0.3 is 19.9 Å². The highest BCUT2D eigenvalue weighted by Gasteiger charge is 2.30. The number of hydrogen-bond donors (Lipinski definition) is 2. The first-order valence-electron chi connectivity index (χ1n) is 7.16. The molecule has 0 aliphatic heterocycles. The van der Waals surface area contributed by atoms with Gasteiger partial charge in [-0.15, -0.1) is 0 Å². The zero-order valence-corrected chi connectivity index (χ0v) is 13.2. The zero-order chi connectivity index (χ0) is 16.6. The molecule has 1 aromatic carbocycles. The monoisotopic (exact) mass is 309 g/mol. The van der Waals surface area contributed by atoms with Crippen molar-refractivity contribution in [1.82, 2.24) is 5.32 Å². The number of rotatable bonds is 9. The van der Waals surface area contributed by atoms with Crippen LogP contribution in [-0.2, 0) is 9.53 Å². The van der Waals surface area contributed by atoms with Gasteiger partial charge in [-0.2, -0.15) is 0 Å². The van der Waals surface area contributed by atoms with Gasteiger partial charge in [0.15, 0.2) is 0 Å². The Kier molecular flexibility index (Phi) is 6.85. The van der Waals surface area contributed by atoms with E-state index in [0.717, 1.165) is 6.42 Å². The van der Waals surface area contributed by atoms with Crippen LogP contribution < -0.4 is 10.1 Å². The number of carboxylic acid groups (broad SMARTS) is 1. The fourth-order valence-electron chi connectivity index (χ4n) is 2.08. The van der Waals surface area contributed by atoms with Gasteiger partial charge in [0.05, 0.1) is 25.2 Å². The Bertz CT molecular complexity index is 517. The van der Waals surface area contributed by atoms with Crippen LogP contribution in [-0.4, -0.2) is 42.8 Å². The third-order valence-corrected chi connectivity index (χ3v) is 2.99. The molecule has 0 aliphatic carbocycles.